The molecule has 3 N–H and O–H groups in total. The number of benzene rings is 1. The van der Waals surface area contributed by atoms with E-state index in [1.54, 1.807) is 18.3 Å². The highest BCUT2D eigenvalue weighted by Crippen LogP contribution is 2.03. The van der Waals surface area contributed by atoms with Gasteiger partial charge in [-0.1, -0.05) is 25.1 Å². The zero-order valence-electron chi connectivity index (χ0n) is 10.1. The van der Waals surface area contributed by atoms with Crippen LogP contribution in [0, 0.1) is 0 Å². The van der Waals surface area contributed by atoms with Gasteiger partial charge in [-0.05, 0) is 24.1 Å². The first-order valence-electron chi connectivity index (χ1n) is 5.65. The molecule has 0 aromatic heterocycles. The van der Waals surface area contributed by atoms with Crippen molar-refractivity contribution in [3.8, 4) is 0 Å². The van der Waals surface area contributed by atoms with Crippen molar-refractivity contribution in [1.82, 2.24) is 10.6 Å². The minimum atomic E-state index is -0.961. The summed E-state index contributed by atoms with van der Waals surface area (Å²) in [7, 11) is 0. The second-order valence-corrected chi connectivity index (χ2v) is 3.64. The van der Waals surface area contributed by atoms with Gasteiger partial charge in [0.05, 0.1) is 5.56 Å². The van der Waals surface area contributed by atoms with E-state index >= 15 is 0 Å². The molecule has 18 heavy (non-hydrogen) atoms. The summed E-state index contributed by atoms with van der Waals surface area (Å²) in [5.74, 6) is -0.961. The summed E-state index contributed by atoms with van der Waals surface area (Å²) in [6, 6.07) is 6.07. The molecule has 0 bridgehead atoms. The fourth-order valence-electron chi connectivity index (χ4n) is 1.25. The zero-order valence-corrected chi connectivity index (χ0v) is 10.1. The average Bonchev–Trinajstić information content (AvgIpc) is 2.37. The first-order valence-corrected chi connectivity index (χ1v) is 5.65. The van der Waals surface area contributed by atoms with Gasteiger partial charge in [0, 0.05) is 12.7 Å². The first-order chi connectivity index (χ1) is 8.63. The van der Waals surface area contributed by atoms with E-state index < -0.39 is 5.97 Å². The van der Waals surface area contributed by atoms with Crippen LogP contribution >= 0.6 is 0 Å². The van der Waals surface area contributed by atoms with Crippen LogP contribution in [-0.2, 0) is 6.54 Å². The van der Waals surface area contributed by atoms with E-state index in [2.05, 4.69) is 10.6 Å². The molecule has 0 saturated carbocycles. The van der Waals surface area contributed by atoms with Crippen LogP contribution in [0.25, 0.3) is 0 Å². The van der Waals surface area contributed by atoms with Crippen LogP contribution in [-0.4, -0.2) is 17.1 Å². The molecule has 0 atom stereocenters. The number of hydrogen-bond acceptors (Lipinski definition) is 2. The van der Waals surface area contributed by atoms with E-state index in [9.17, 15) is 9.59 Å². The van der Waals surface area contributed by atoms with Crippen LogP contribution < -0.4 is 10.6 Å². The number of carbonyl (C=O) groups is 2. The van der Waals surface area contributed by atoms with Crippen LogP contribution in [0.1, 0.15) is 29.3 Å². The standard InChI is InChI=1S/C13H16N2O3/c1-2-3-8-14-13(18)15-9-10-4-6-11(7-5-10)12(16)17/h3-8H,2,9H2,1H3,(H,16,17)(H2,14,15,18)/b8-3+. The number of amides is 2. The lowest BCUT2D eigenvalue weighted by atomic mass is 10.1. The Morgan fingerprint density at radius 1 is 1.28 bits per heavy atom. The van der Waals surface area contributed by atoms with Crippen molar-refractivity contribution in [2.24, 2.45) is 0 Å². The van der Waals surface area contributed by atoms with Crippen molar-refractivity contribution >= 4 is 12.0 Å². The molecule has 96 valence electrons. The second-order valence-electron chi connectivity index (χ2n) is 3.64. The molecule has 0 saturated heterocycles. The maximum atomic E-state index is 11.3. The van der Waals surface area contributed by atoms with Gasteiger partial charge < -0.3 is 15.7 Å². The van der Waals surface area contributed by atoms with Gasteiger partial charge in [0.25, 0.3) is 0 Å². The molecular weight excluding hydrogens is 232 g/mol. The molecular formula is C13H16N2O3. The van der Waals surface area contributed by atoms with Crippen LogP contribution in [0.3, 0.4) is 0 Å². The van der Waals surface area contributed by atoms with Crippen molar-refractivity contribution in [3.05, 3.63) is 47.7 Å². The minimum Gasteiger partial charge on any atom is -0.478 e. The normalized spacial score (nSPS) is 10.3. The SMILES string of the molecule is CC/C=C/NC(=O)NCc1ccc(C(=O)O)cc1. The largest absolute Gasteiger partial charge is 0.478 e. The summed E-state index contributed by atoms with van der Waals surface area (Å²) in [4.78, 5) is 21.9. The predicted molar refractivity (Wildman–Crippen MR) is 68.2 cm³/mol. The third kappa shape index (κ3) is 4.69. The van der Waals surface area contributed by atoms with Gasteiger partial charge in [0.2, 0.25) is 0 Å². The molecule has 1 aromatic rings. The molecule has 0 aliphatic heterocycles. The Morgan fingerprint density at radius 2 is 1.94 bits per heavy atom. The Hall–Kier alpha value is -2.30. The molecule has 0 unspecified atom stereocenters. The maximum Gasteiger partial charge on any atom is 0.335 e. The molecule has 0 radical (unpaired) electrons. The molecule has 5 nitrogen and oxygen atoms in total. The van der Waals surface area contributed by atoms with Crippen molar-refractivity contribution in [2.75, 3.05) is 0 Å². The zero-order chi connectivity index (χ0) is 13.4. The van der Waals surface area contributed by atoms with Gasteiger partial charge in [-0.3, -0.25) is 0 Å². The lowest BCUT2D eigenvalue weighted by Gasteiger charge is -2.05. The predicted octanol–water partition coefficient (Wildman–Crippen LogP) is 2.11. The van der Waals surface area contributed by atoms with E-state index in [0.717, 1.165) is 12.0 Å². The Bertz CT molecular complexity index is 438. The number of rotatable bonds is 5. The van der Waals surface area contributed by atoms with Crippen molar-refractivity contribution in [3.63, 3.8) is 0 Å². The lowest BCUT2D eigenvalue weighted by Crippen LogP contribution is -2.31. The molecule has 0 heterocycles. The molecule has 2 amide bonds. The molecule has 0 aliphatic rings. The van der Waals surface area contributed by atoms with Crippen LogP contribution in [0.15, 0.2) is 36.5 Å². The van der Waals surface area contributed by atoms with Gasteiger partial charge in [-0.25, -0.2) is 9.59 Å². The van der Waals surface area contributed by atoms with Crippen LogP contribution in [0.2, 0.25) is 0 Å². The molecule has 5 heteroatoms. The fraction of sp³-hybridized carbons (Fsp3) is 0.231. The second kappa shape index (κ2) is 7.11. The summed E-state index contributed by atoms with van der Waals surface area (Å²) in [5, 5.41) is 13.9. The Balaban J connectivity index is 2.41. The van der Waals surface area contributed by atoms with Gasteiger partial charge >= 0.3 is 12.0 Å². The third-order valence-electron chi connectivity index (χ3n) is 2.22. The quantitative estimate of drug-likeness (QED) is 0.746. The summed E-state index contributed by atoms with van der Waals surface area (Å²) in [6.07, 6.45) is 4.28. The fourth-order valence-corrected chi connectivity index (χ4v) is 1.25. The number of aromatic carboxylic acids is 1. The third-order valence-corrected chi connectivity index (χ3v) is 2.22. The minimum absolute atomic E-state index is 0.231. The molecule has 1 rings (SSSR count). The highest BCUT2D eigenvalue weighted by molar-refractivity contribution is 5.87. The Labute approximate surface area is 106 Å². The van der Waals surface area contributed by atoms with Gasteiger partial charge in [0.1, 0.15) is 0 Å². The van der Waals surface area contributed by atoms with E-state index in [4.69, 9.17) is 5.11 Å². The van der Waals surface area contributed by atoms with E-state index in [0.29, 0.717) is 6.54 Å². The molecule has 0 fully saturated rings. The number of hydrogen-bond donors (Lipinski definition) is 3. The van der Waals surface area contributed by atoms with E-state index in [1.807, 2.05) is 13.0 Å². The average molecular weight is 248 g/mol. The summed E-state index contributed by atoms with van der Waals surface area (Å²) in [5.41, 5.74) is 1.07. The lowest BCUT2D eigenvalue weighted by molar-refractivity contribution is 0.0697. The number of nitrogens with one attached hydrogen (secondary N) is 2. The molecule has 0 spiro atoms. The monoisotopic (exact) mass is 248 g/mol. The Kier molecular flexibility index (Phi) is 5.44. The summed E-state index contributed by atoms with van der Waals surface area (Å²) < 4.78 is 0. The summed E-state index contributed by atoms with van der Waals surface area (Å²) in [6.45, 7) is 2.33. The number of carbonyl (C=O) groups excluding carboxylic acids is 1. The number of carboxylic acid groups (broad SMARTS) is 1. The van der Waals surface area contributed by atoms with Gasteiger partial charge in [0.15, 0.2) is 0 Å². The topological polar surface area (TPSA) is 78.4 Å². The molecule has 1 aromatic carbocycles. The van der Waals surface area contributed by atoms with Crippen molar-refractivity contribution in [2.45, 2.75) is 19.9 Å². The van der Waals surface area contributed by atoms with Gasteiger partial charge in [-0.15, -0.1) is 0 Å². The van der Waals surface area contributed by atoms with Crippen LogP contribution in [0.4, 0.5) is 4.79 Å². The highest BCUT2D eigenvalue weighted by Gasteiger charge is 2.02. The number of urea groups is 1. The summed E-state index contributed by atoms with van der Waals surface area (Å²) >= 11 is 0. The van der Waals surface area contributed by atoms with E-state index in [-0.39, 0.29) is 11.6 Å². The first kappa shape index (κ1) is 13.8. The van der Waals surface area contributed by atoms with Crippen molar-refractivity contribution in [1.29, 1.82) is 0 Å². The molecule has 0 aliphatic carbocycles. The highest BCUT2D eigenvalue weighted by atomic mass is 16.4. The smallest absolute Gasteiger partial charge is 0.335 e. The van der Waals surface area contributed by atoms with Gasteiger partial charge in [-0.2, -0.15) is 0 Å². The van der Waals surface area contributed by atoms with E-state index in [1.165, 1.54) is 12.1 Å². The number of carboxylic acids is 1. The van der Waals surface area contributed by atoms with Crippen LogP contribution in [0.5, 0.6) is 0 Å². The maximum absolute atomic E-state index is 11.3. The Morgan fingerprint density at radius 3 is 2.50 bits per heavy atom. The van der Waals surface area contributed by atoms with Crippen molar-refractivity contribution < 1.29 is 14.7 Å². The number of allylic oxidation sites excluding steroid dienone is 1.